The summed E-state index contributed by atoms with van der Waals surface area (Å²) < 4.78 is 5.11. The van der Waals surface area contributed by atoms with Crippen molar-refractivity contribution in [3.8, 4) is 0 Å². The summed E-state index contributed by atoms with van der Waals surface area (Å²) in [5.74, 6) is -0.444. The molecule has 1 N–H and O–H groups in total. The zero-order chi connectivity index (χ0) is 18.4. The smallest absolute Gasteiger partial charge is 0.289 e. The number of furan rings is 1. The van der Waals surface area contributed by atoms with E-state index in [9.17, 15) is 14.4 Å². The first kappa shape index (κ1) is 17.7. The van der Waals surface area contributed by atoms with E-state index in [2.05, 4.69) is 10.3 Å². The van der Waals surface area contributed by atoms with Crippen molar-refractivity contribution in [2.75, 3.05) is 26.2 Å². The number of nitrogens with one attached hydrogen (secondary N) is 1. The molecule has 3 heterocycles. The lowest BCUT2D eigenvalue weighted by molar-refractivity contribution is -0.137. The lowest BCUT2D eigenvalue weighted by atomic mass is 10.2. The Labute approximate surface area is 150 Å². The molecule has 0 unspecified atom stereocenters. The number of carbonyl (C=O) groups excluding carboxylic acids is 3. The number of piperazine rings is 1. The number of pyridine rings is 1. The van der Waals surface area contributed by atoms with Crippen LogP contribution >= 0.6 is 0 Å². The van der Waals surface area contributed by atoms with E-state index in [1.165, 1.54) is 6.26 Å². The second kappa shape index (κ2) is 8.28. The van der Waals surface area contributed by atoms with Crippen molar-refractivity contribution in [2.24, 2.45) is 0 Å². The molecule has 0 saturated carbocycles. The van der Waals surface area contributed by atoms with Crippen LogP contribution in [0.3, 0.4) is 0 Å². The minimum Gasteiger partial charge on any atom is -0.459 e. The van der Waals surface area contributed by atoms with E-state index in [1.54, 1.807) is 46.5 Å². The van der Waals surface area contributed by atoms with Crippen LogP contribution in [0.25, 0.3) is 0 Å². The molecule has 26 heavy (non-hydrogen) atoms. The van der Waals surface area contributed by atoms with E-state index in [-0.39, 0.29) is 24.1 Å². The quantitative estimate of drug-likeness (QED) is 0.794. The third-order valence-electron chi connectivity index (χ3n) is 4.20. The van der Waals surface area contributed by atoms with E-state index < -0.39 is 0 Å². The number of hydrogen-bond donors (Lipinski definition) is 1. The van der Waals surface area contributed by atoms with Gasteiger partial charge in [0.2, 0.25) is 11.8 Å². The molecule has 2 aromatic rings. The fourth-order valence-corrected chi connectivity index (χ4v) is 2.73. The molecule has 1 aliphatic rings. The number of aromatic nitrogens is 1. The molecular formula is C18H20N4O4. The zero-order valence-corrected chi connectivity index (χ0v) is 14.3. The fraction of sp³-hybridized carbons (Fsp3) is 0.333. The maximum atomic E-state index is 12.3. The summed E-state index contributed by atoms with van der Waals surface area (Å²) in [5, 5.41) is 2.72. The number of rotatable bonds is 5. The highest BCUT2D eigenvalue weighted by Crippen LogP contribution is 2.10. The van der Waals surface area contributed by atoms with Crippen molar-refractivity contribution in [1.29, 1.82) is 0 Å². The van der Waals surface area contributed by atoms with Crippen LogP contribution in [0.1, 0.15) is 22.5 Å². The van der Waals surface area contributed by atoms with Gasteiger partial charge in [-0.25, -0.2) is 0 Å². The Bertz CT molecular complexity index is 753. The van der Waals surface area contributed by atoms with Crippen molar-refractivity contribution in [3.63, 3.8) is 0 Å². The van der Waals surface area contributed by atoms with Gasteiger partial charge in [-0.15, -0.1) is 0 Å². The molecule has 0 spiro atoms. The molecule has 0 atom stereocenters. The first-order valence-electron chi connectivity index (χ1n) is 8.39. The molecule has 0 aromatic carbocycles. The Morgan fingerprint density at radius 2 is 1.73 bits per heavy atom. The summed E-state index contributed by atoms with van der Waals surface area (Å²) in [6.45, 7) is 2.01. The summed E-state index contributed by atoms with van der Waals surface area (Å²) in [7, 11) is 0. The van der Waals surface area contributed by atoms with Gasteiger partial charge in [0.25, 0.3) is 5.91 Å². The summed E-state index contributed by atoms with van der Waals surface area (Å²) in [4.78, 5) is 43.6. The summed E-state index contributed by atoms with van der Waals surface area (Å²) in [6.07, 6.45) is 4.56. The van der Waals surface area contributed by atoms with Crippen LogP contribution in [-0.2, 0) is 16.1 Å². The summed E-state index contributed by atoms with van der Waals surface area (Å²) in [6, 6.07) is 6.89. The molecule has 0 aliphatic carbocycles. The average Bonchev–Trinajstić information content (AvgIpc) is 3.21. The fourth-order valence-electron chi connectivity index (χ4n) is 2.73. The molecule has 1 fully saturated rings. The molecule has 8 nitrogen and oxygen atoms in total. The normalized spacial score (nSPS) is 14.2. The van der Waals surface area contributed by atoms with Gasteiger partial charge in [0.1, 0.15) is 6.42 Å². The molecule has 1 aliphatic heterocycles. The minimum absolute atomic E-state index is 0.183. The average molecular weight is 356 g/mol. The van der Waals surface area contributed by atoms with Gasteiger partial charge in [0.15, 0.2) is 5.76 Å². The van der Waals surface area contributed by atoms with Crippen molar-refractivity contribution < 1.29 is 18.8 Å². The Hall–Kier alpha value is -3.16. The largest absolute Gasteiger partial charge is 0.459 e. The number of carbonyl (C=O) groups is 3. The Kier molecular flexibility index (Phi) is 5.62. The van der Waals surface area contributed by atoms with Crippen LogP contribution in [0.4, 0.5) is 0 Å². The third-order valence-corrected chi connectivity index (χ3v) is 4.20. The summed E-state index contributed by atoms with van der Waals surface area (Å²) in [5.41, 5.74) is 0.922. The first-order chi connectivity index (χ1) is 12.6. The van der Waals surface area contributed by atoms with E-state index in [0.717, 1.165) is 5.56 Å². The molecule has 1 saturated heterocycles. The van der Waals surface area contributed by atoms with Gasteiger partial charge in [0, 0.05) is 45.1 Å². The van der Waals surface area contributed by atoms with Crippen LogP contribution in [0, 0.1) is 0 Å². The van der Waals surface area contributed by atoms with E-state index in [0.29, 0.717) is 38.5 Å². The molecule has 3 rings (SSSR count). The van der Waals surface area contributed by atoms with Gasteiger partial charge in [-0.2, -0.15) is 0 Å². The molecular weight excluding hydrogens is 336 g/mol. The standard InChI is InChI=1S/C18H20N4O4/c23-16(20-13-14-3-5-19-6-4-14)12-17(24)21-7-9-22(10-8-21)18(25)15-2-1-11-26-15/h1-6,11H,7-10,12-13H2,(H,20,23). The Balaban J connectivity index is 1.42. The van der Waals surface area contributed by atoms with E-state index in [1.807, 2.05) is 0 Å². The Morgan fingerprint density at radius 3 is 2.38 bits per heavy atom. The number of amides is 3. The number of nitrogens with zero attached hydrogens (tertiary/aromatic N) is 3. The van der Waals surface area contributed by atoms with Crippen molar-refractivity contribution in [1.82, 2.24) is 20.1 Å². The van der Waals surface area contributed by atoms with Crippen molar-refractivity contribution in [3.05, 3.63) is 54.2 Å². The molecule has 0 radical (unpaired) electrons. The molecule has 0 bridgehead atoms. The SMILES string of the molecule is O=C(CC(=O)N1CCN(C(=O)c2ccco2)CC1)NCc1ccncc1. The lowest BCUT2D eigenvalue weighted by Crippen LogP contribution is -2.51. The predicted molar refractivity (Wildman–Crippen MR) is 91.9 cm³/mol. The van der Waals surface area contributed by atoms with Gasteiger partial charge in [-0.1, -0.05) is 0 Å². The van der Waals surface area contributed by atoms with Crippen LogP contribution in [0.2, 0.25) is 0 Å². The molecule has 3 amide bonds. The molecule has 136 valence electrons. The van der Waals surface area contributed by atoms with Gasteiger partial charge in [-0.05, 0) is 29.8 Å². The first-order valence-corrected chi connectivity index (χ1v) is 8.39. The lowest BCUT2D eigenvalue weighted by Gasteiger charge is -2.34. The zero-order valence-electron chi connectivity index (χ0n) is 14.3. The van der Waals surface area contributed by atoms with Crippen molar-refractivity contribution >= 4 is 17.7 Å². The van der Waals surface area contributed by atoms with Crippen molar-refractivity contribution in [2.45, 2.75) is 13.0 Å². The summed E-state index contributed by atoms with van der Waals surface area (Å²) >= 11 is 0. The maximum Gasteiger partial charge on any atom is 0.289 e. The maximum absolute atomic E-state index is 12.3. The number of hydrogen-bond acceptors (Lipinski definition) is 5. The molecule has 8 heteroatoms. The van der Waals surface area contributed by atoms with Crippen LogP contribution < -0.4 is 5.32 Å². The minimum atomic E-state index is -0.319. The second-order valence-electron chi connectivity index (χ2n) is 5.96. The third kappa shape index (κ3) is 4.47. The van der Waals surface area contributed by atoms with E-state index in [4.69, 9.17) is 4.42 Å². The molecule has 2 aromatic heterocycles. The van der Waals surface area contributed by atoms with Gasteiger partial charge < -0.3 is 19.5 Å². The highest BCUT2D eigenvalue weighted by atomic mass is 16.3. The van der Waals surface area contributed by atoms with Gasteiger partial charge in [-0.3, -0.25) is 19.4 Å². The van der Waals surface area contributed by atoms with Crippen LogP contribution in [0.15, 0.2) is 47.3 Å². The van der Waals surface area contributed by atoms with Crippen LogP contribution in [0.5, 0.6) is 0 Å². The topological polar surface area (TPSA) is 95.8 Å². The highest BCUT2D eigenvalue weighted by molar-refractivity contribution is 5.97. The van der Waals surface area contributed by atoms with E-state index >= 15 is 0 Å². The highest BCUT2D eigenvalue weighted by Gasteiger charge is 2.26. The predicted octanol–water partition coefficient (Wildman–Crippen LogP) is 0.665. The monoisotopic (exact) mass is 356 g/mol. The van der Waals surface area contributed by atoms with Crippen LogP contribution in [-0.4, -0.2) is 58.7 Å². The second-order valence-corrected chi connectivity index (χ2v) is 5.96. The van der Waals surface area contributed by atoms with Gasteiger partial charge in [0.05, 0.1) is 6.26 Å². The van der Waals surface area contributed by atoms with Gasteiger partial charge >= 0.3 is 0 Å². The Morgan fingerprint density at radius 1 is 1.04 bits per heavy atom.